The SMILES string of the molecule is CN1C(=O)c2ccccc2C(CC(=O)O)c2ccc(OCCCNc3ccccn3)cc21. The number of carbonyl (C=O) groups excluding carboxylic acids is 1. The number of rotatable bonds is 8. The van der Waals surface area contributed by atoms with Crippen molar-refractivity contribution in [1.29, 1.82) is 0 Å². The summed E-state index contributed by atoms with van der Waals surface area (Å²) in [5.41, 5.74) is 2.74. The van der Waals surface area contributed by atoms with E-state index in [1.807, 2.05) is 48.5 Å². The first-order valence-corrected chi connectivity index (χ1v) is 10.5. The molecule has 7 nitrogen and oxygen atoms in total. The van der Waals surface area contributed by atoms with Gasteiger partial charge in [0.1, 0.15) is 11.6 Å². The highest BCUT2D eigenvalue weighted by Gasteiger charge is 2.32. The van der Waals surface area contributed by atoms with Crippen molar-refractivity contribution in [2.75, 3.05) is 30.4 Å². The van der Waals surface area contributed by atoms with Gasteiger partial charge >= 0.3 is 5.97 Å². The molecule has 0 spiro atoms. The minimum absolute atomic E-state index is 0.0927. The van der Waals surface area contributed by atoms with Gasteiger partial charge in [0.15, 0.2) is 0 Å². The van der Waals surface area contributed by atoms with E-state index in [0.29, 0.717) is 23.6 Å². The highest BCUT2D eigenvalue weighted by atomic mass is 16.5. The van der Waals surface area contributed by atoms with Crippen LogP contribution in [0.2, 0.25) is 0 Å². The van der Waals surface area contributed by atoms with Gasteiger partial charge in [0.05, 0.1) is 18.7 Å². The number of ether oxygens (including phenoxy) is 1. The molecule has 2 heterocycles. The number of carboxylic acid groups (broad SMARTS) is 1. The predicted molar refractivity (Wildman–Crippen MR) is 123 cm³/mol. The molecule has 1 aromatic heterocycles. The number of benzene rings is 2. The van der Waals surface area contributed by atoms with E-state index in [1.54, 1.807) is 30.3 Å². The Kier molecular flexibility index (Phi) is 6.35. The summed E-state index contributed by atoms with van der Waals surface area (Å²) in [6, 6.07) is 18.5. The van der Waals surface area contributed by atoms with E-state index in [4.69, 9.17) is 4.74 Å². The molecule has 32 heavy (non-hydrogen) atoms. The lowest BCUT2D eigenvalue weighted by atomic mass is 9.86. The number of anilines is 2. The van der Waals surface area contributed by atoms with E-state index in [0.717, 1.165) is 29.9 Å². The van der Waals surface area contributed by atoms with Crippen molar-refractivity contribution in [3.63, 3.8) is 0 Å². The third kappa shape index (κ3) is 4.56. The molecule has 0 fully saturated rings. The molecule has 164 valence electrons. The fourth-order valence-electron chi connectivity index (χ4n) is 3.99. The minimum atomic E-state index is -0.909. The van der Waals surface area contributed by atoms with Gasteiger partial charge in [-0.2, -0.15) is 0 Å². The van der Waals surface area contributed by atoms with Crippen LogP contribution in [0.1, 0.15) is 40.2 Å². The fourth-order valence-corrected chi connectivity index (χ4v) is 3.99. The van der Waals surface area contributed by atoms with Crippen molar-refractivity contribution in [1.82, 2.24) is 4.98 Å². The second-order valence-electron chi connectivity index (χ2n) is 7.67. The first-order valence-electron chi connectivity index (χ1n) is 10.5. The van der Waals surface area contributed by atoms with E-state index in [-0.39, 0.29) is 12.3 Å². The van der Waals surface area contributed by atoms with Crippen LogP contribution in [0.3, 0.4) is 0 Å². The number of carbonyl (C=O) groups is 2. The Balaban J connectivity index is 1.51. The molecular weight excluding hydrogens is 406 g/mol. The van der Waals surface area contributed by atoms with Crippen LogP contribution >= 0.6 is 0 Å². The van der Waals surface area contributed by atoms with Crippen LogP contribution in [0.25, 0.3) is 0 Å². The number of amides is 1. The van der Waals surface area contributed by atoms with Gasteiger partial charge in [-0.15, -0.1) is 0 Å². The molecule has 3 aromatic rings. The van der Waals surface area contributed by atoms with Crippen molar-refractivity contribution in [3.8, 4) is 5.75 Å². The average Bonchev–Trinajstić information content (AvgIpc) is 2.89. The Morgan fingerprint density at radius 2 is 1.94 bits per heavy atom. The summed E-state index contributed by atoms with van der Waals surface area (Å²) in [6.45, 7) is 1.21. The molecule has 0 saturated carbocycles. The van der Waals surface area contributed by atoms with Gasteiger partial charge in [-0.25, -0.2) is 4.98 Å². The van der Waals surface area contributed by atoms with Crippen molar-refractivity contribution < 1.29 is 19.4 Å². The Morgan fingerprint density at radius 3 is 2.72 bits per heavy atom. The van der Waals surface area contributed by atoms with Gasteiger partial charge in [0, 0.05) is 37.3 Å². The molecule has 0 saturated heterocycles. The van der Waals surface area contributed by atoms with Gasteiger partial charge < -0.3 is 20.1 Å². The average molecular weight is 431 g/mol. The number of hydrogen-bond acceptors (Lipinski definition) is 5. The van der Waals surface area contributed by atoms with E-state index in [1.165, 1.54) is 0 Å². The Morgan fingerprint density at radius 1 is 1.12 bits per heavy atom. The summed E-state index contributed by atoms with van der Waals surface area (Å²) >= 11 is 0. The lowest BCUT2D eigenvalue weighted by Gasteiger charge is -2.21. The zero-order valence-electron chi connectivity index (χ0n) is 17.8. The predicted octanol–water partition coefficient (Wildman–Crippen LogP) is 4.16. The summed E-state index contributed by atoms with van der Waals surface area (Å²) in [6.07, 6.45) is 2.42. The molecule has 0 bridgehead atoms. The maximum atomic E-state index is 13.1. The normalized spacial score (nSPS) is 14.8. The summed E-state index contributed by atoms with van der Waals surface area (Å²) in [5, 5.41) is 12.7. The van der Waals surface area contributed by atoms with Gasteiger partial charge in [-0.3, -0.25) is 9.59 Å². The van der Waals surface area contributed by atoms with Crippen LogP contribution in [0.4, 0.5) is 11.5 Å². The van der Waals surface area contributed by atoms with Crippen molar-refractivity contribution >= 4 is 23.4 Å². The van der Waals surface area contributed by atoms with E-state index >= 15 is 0 Å². The second kappa shape index (κ2) is 9.51. The van der Waals surface area contributed by atoms with Crippen molar-refractivity contribution in [2.24, 2.45) is 0 Å². The quantitative estimate of drug-likeness (QED) is 0.521. The monoisotopic (exact) mass is 431 g/mol. The number of nitrogens with one attached hydrogen (secondary N) is 1. The molecule has 0 radical (unpaired) electrons. The smallest absolute Gasteiger partial charge is 0.304 e. The first-order chi connectivity index (χ1) is 15.5. The summed E-state index contributed by atoms with van der Waals surface area (Å²) < 4.78 is 5.91. The van der Waals surface area contributed by atoms with Crippen LogP contribution in [0.5, 0.6) is 5.75 Å². The number of nitrogens with zero attached hydrogens (tertiary/aromatic N) is 2. The Hall–Kier alpha value is -3.87. The molecular formula is C25H25N3O4. The molecule has 7 heteroatoms. The first kappa shape index (κ1) is 21.4. The van der Waals surface area contributed by atoms with Crippen molar-refractivity contribution in [3.05, 3.63) is 83.6 Å². The zero-order valence-corrected chi connectivity index (χ0v) is 17.8. The molecule has 1 amide bonds. The van der Waals surface area contributed by atoms with E-state index in [9.17, 15) is 14.7 Å². The van der Waals surface area contributed by atoms with Crippen LogP contribution in [0.15, 0.2) is 66.9 Å². The number of aliphatic carboxylic acids is 1. The third-order valence-electron chi connectivity index (χ3n) is 5.55. The number of pyridine rings is 1. The molecule has 1 atom stereocenters. The van der Waals surface area contributed by atoms with Gasteiger partial charge in [-0.1, -0.05) is 30.3 Å². The molecule has 1 aliphatic rings. The lowest BCUT2D eigenvalue weighted by molar-refractivity contribution is -0.137. The van der Waals surface area contributed by atoms with Crippen molar-refractivity contribution in [2.45, 2.75) is 18.8 Å². The van der Waals surface area contributed by atoms with E-state index in [2.05, 4.69) is 10.3 Å². The van der Waals surface area contributed by atoms with Crippen LogP contribution in [-0.2, 0) is 4.79 Å². The number of aromatic nitrogens is 1. The molecule has 0 aliphatic carbocycles. The highest BCUT2D eigenvalue weighted by molar-refractivity contribution is 6.08. The summed E-state index contributed by atoms with van der Waals surface area (Å²) in [5.74, 6) is -0.0212. The van der Waals surface area contributed by atoms with Crippen LogP contribution < -0.4 is 15.0 Å². The molecule has 1 unspecified atom stereocenters. The fraction of sp³-hybridized carbons (Fsp3) is 0.240. The van der Waals surface area contributed by atoms with Gasteiger partial charge in [0.2, 0.25) is 0 Å². The van der Waals surface area contributed by atoms with E-state index < -0.39 is 11.9 Å². The highest BCUT2D eigenvalue weighted by Crippen LogP contribution is 2.41. The Labute approximate surface area is 186 Å². The number of carboxylic acids is 1. The topological polar surface area (TPSA) is 91.8 Å². The zero-order chi connectivity index (χ0) is 22.5. The third-order valence-corrected chi connectivity index (χ3v) is 5.55. The van der Waals surface area contributed by atoms with Crippen LogP contribution in [0, 0.1) is 0 Å². The molecule has 4 rings (SSSR count). The lowest BCUT2D eigenvalue weighted by Crippen LogP contribution is -2.26. The summed E-state index contributed by atoms with van der Waals surface area (Å²) in [4.78, 5) is 30.5. The largest absolute Gasteiger partial charge is 0.493 e. The molecule has 2 N–H and O–H groups in total. The maximum absolute atomic E-state index is 13.1. The minimum Gasteiger partial charge on any atom is -0.493 e. The number of fused-ring (bicyclic) bond motifs is 2. The molecule has 2 aromatic carbocycles. The summed E-state index contributed by atoms with van der Waals surface area (Å²) in [7, 11) is 1.71. The van der Waals surface area contributed by atoms with Crippen LogP contribution in [-0.4, -0.2) is 42.2 Å². The second-order valence-corrected chi connectivity index (χ2v) is 7.67. The Bertz CT molecular complexity index is 1120. The molecule has 1 aliphatic heterocycles. The maximum Gasteiger partial charge on any atom is 0.304 e. The van der Waals surface area contributed by atoms with Gasteiger partial charge in [-0.05, 0) is 41.8 Å². The van der Waals surface area contributed by atoms with Gasteiger partial charge in [0.25, 0.3) is 5.91 Å². The standard InChI is InChI=1S/C25H25N3O4/c1-28-22-15-17(32-14-6-13-27-23-9-4-5-12-26-23)10-11-19(22)21(16-24(29)30)18-7-2-3-8-20(18)25(28)31/h2-5,7-12,15,21H,6,13-14,16H2,1H3,(H,26,27)(H,29,30). The number of hydrogen-bond donors (Lipinski definition) is 2.